The van der Waals surface area contributed by atoms with E-state index in [2.05, 4.69) is 73.5 Å². The monoisotopic (exact) mass is 302 g/mol. The van der Waals surface area contributed by atoms with Gasteiger partial charge in [0.1, 0.15) is 0 Å². The molecule has 0 aliphatic carbocycles. The summed E-state index contributed by atoms with van der Waals surface area (Å²) in [6.45, 7) is 7.26. The summed E-state index contributed by atoms with van der Waals surface area (Å²) in [7, 11) is 1.96. The molecule has 2 aromatic carbocycles. The van der Waals surface area contributed by atoms with Gasteiger partial charge in [0.15, 0.2) is 0 Å². The summed E-state index contributed by atoms with van der Waals surface area (Å²) in [6, 6.07) is 15.1. The number of rotatable bonds is 5. The molecular weight excluding hydrogens is 280 g/mol. The van der Waals surface area contributed by atoms with Crippen molar-refractivity contribution in [1.82, 2.24) is 5.32 Å². The van der Waals surface area contributed by atoms with Crippen LogP contribution in [0, 0.1) is 6.92 Å². The SMILES string of the molecule is CCN(c1cccc(C)c1)c1ccc(C(C)NC)cc1Cl. The Bertz CT molecular complexity index is 610. The molecule has 0 heterocycles. The first-order valence-electron chi connectivity index (χ1n) is 7.37. The Hall–Kier alpha value is -1.51. The predicted octanol–water partition coefficient (Wildman–Crippen LogP) is 5.09. The molecule has 1 N–H and O–H groups in total. The van der Waals surface area contributed by atoms with Crippen LogP contribution >= 0.6 is 11.6 Å². The topological polar surface area (TPSA) is 15.3 Å². The van der Waals surface area contributed by atoms with Crippen molar-refractivity contribution in [1.29, 1.82) is 0 Å². The predicted molar refractivity (Wildman–Crippen MR) is 92.8 cm³/mol. The normalized spacial score (nSPS) is 12.2. The van der Waals surface area contributed by atoms with Gasteiger partial charge in [-0.1, -0.05) is 29.8 Å². The molecule has 1 unspecified atom stereocenters. The molecule has 3 heteroatoms. The van der Waals surface area contributed by atoms with Crippen LogP contribution in [0.3, 0.4) is 0 Å². The summed E-state index contributed by atoms with van der Waals surface area (Å²) in [5.41, 5.74) is 4.68. The molecule has 0 bridgehead atoms. The number of hydrogen-bond acceptors (Lipinski definition) is 2. The lowest BCUT2D eigenvalue weighted by Gasteiger charge is -2.25. The van der Waals surface area contributed by atoms with Crippen molar-refractivity contribution in [2.24, 2.45) is 0 Å². The van der Waals surface area contributed by atoms with Crippen molar-refractivity contribution in [3.05, 3.63) is 58.6 Å². The quantitative estimate of drug-likeness (QED) is 0.828. The Labute approximate surface area is 132 Å². The van der Waals surface area contributed by atoms with E-state index in [-0.39, 0.29) is 0 Å². The van der Waals surface area contributed by atoms with Gasteiger partial charge in [0.05, 0.1) is 10.7 Å². The fraction of sp³-hybridized carbons (Fsp3) is 0.333. The maximum atomic E-state index is 6.52. The van der Waals surface area contributed by atoms with E-state index in [9.17, 15) is 0 Å². The highest BCUT2D eigenvalue weighted by molar-refractivity contribution is 6.33. The minimum absolute atomic E-state index is 0.297. The number of hydrogen-bond donors (Lipinski definition) is 1. The molecular formula is C18H23ClN2. The number of benzene rings is 2. The van der Waals surface area contributed by atoms with Crippen LogP contribution in [-0.4, -0.2) is 13.6 Å². The molecule has 0 aliphatic heterocycles. The molecule has 2 nitrogen and oxygen atoms in total. The van der Waals surface area contributed by atoms with Crippen molar-refractivity contribution in [3.8, 4) is 0 Å². The Morgan fingerprint density at radius 3 is 2.52 bits per heavy atom. The van der Waals surface area contributed by atoms with E-state index in [0.717, 1.165) is 17.3 Å². The van der Waals surface area contributed by atoms with Crippen LogP contribution in [0.2, 0.25) is 5.02 Å². The third kappa shape index (κ3) is 3.58. The minimum Gasteiger partial charge on any atom is -0.341 e. The molecule has 0 saturated heterocycles. The van der Waals surface area contributed by atoms with Crippen LogP contribution in [0.4, 0.5) is 11.4 Å². The lowest BCUT2D eigenvalue weighted by atomic mass is 10.1. The fourth-order valence-electron chi connectivity index (χ4n) is 2.47. The summed E-state index contributed by atoms with van der Waals surface area (Å²) >= 11 is 6.52. The minimum atomic E-state index is 0.297. The number of aryl methyl sites for hydroxylation is 1. The first kappa shape index (κ1) is 15.9. The van der Waals surface area contributed by atoms with E-state index in [1.54, 1.807) is 0 Å². The molecule has 0 radical (unpaired) electrons. The van der Waals surface area contributed by atoms with E-state index in [1.165, 1.54) is 16.8 Å². The maximum Gasteiger partial charge on any atom is 0.0646 e. The molecule has 0 aliphatic rings. The van der Waals surface area contributed by atoms with Crippen LogP contribution < -0.4 is 10.2 Å². The first-order chi connectivity index (χ1) is 10.1. The summed E-state index contributed by atoms with van der Waals surface area (Å²) < 4.78 is 0. The molecule has 112 valence electrons. The van der Waals surface area contributed by atoms with Crippen LogP contribution in [0.1, 0.15) is 31.0 Å². The van der Waals surface area contributed by atoms with Crippen LogP contribution in [-0.2, 0) is 0 Å². The lowest BCUT2D eigenvalue weighted by Crippen LogP contribution is -2.17. The zero-order chi connectivity index (χ0) is 15.4. The molecule has 2 rings (SSSR count). The lowest BCUT2D eigenvalue weighted by molar-refractivity contribution is 0.652. The van der Waals surface area contributed by atoms with Crippen LogP contribution in [0.15, 0.2) is 42.5 Å². The number of nitrogens with zero attached hydrogens (tertiary/aromatic N) is 1. The van der Waals surface area contributed by atoms with Gasteiger partial charge in [0.2, 0.25) is 0 Å². The average molecular weight is 303 g/mol. The zero-order valence-electron chi connectivity index (χ0n) is 13.2. The Morgan fingerprint density at radius 2 is 1.95 bits per heavy atom. The Kier molecular flexibility index (Phi) is 5.27. The van der Waals surface area contributed by atoms with E-state index in [0.29, 0.717) is 6.04 Å². The van der Waals surface area contributed by atoms with E-state index < -0.39 is 0 Å². The van der Waals surface area contributed by atoms with Crippen molar-refractivity contribution in [3.63, 3.8) is 0 Å². The highest BCUT2D eigenvalue weighted by Crippen LogP contribution is 2.33. The number of halogens is 1. The molecule has 0 fully saturated rings. The van der Waals surface area contributed by atoms with Crippen molar-refractivity contribution in [2.45, 2.75) is 26.8 Å². The second-order valence-corrected chi connectivity index (χ2v) is 5.71. The molecule has 0 amide bonds. The summed E-state index contributed by atoms with van der Waals surface area (Å²) in [6.07, 6.45) is 0. The molecule has 0 aromatic heterocycles. The average Bonchev–Trinajstić information content (AvgIpc) is 2.49. The maximum absolute atomic E-state index is 6.52. The molecule has 0 spiro atoms. The van der Waals surface area contributed by atoms with E-state index in [1.807, 2.05) is 7.05 Å². The molecule has 2 aromatic rings. The van der Waals surface area contributed by atoms with Gasteiger partial charge in [-0.3, -0.25) is 0 Å². The standard InChI is InChI=1S/C18H23ClN2/c1-5-21(16-8-6-7-13(2)11-16)18-10-9-15(12-17(18)19)14(3)20-4/h6-12,14,20H,5H2,1-4H3. The fourth-order valence-corrected chi connectivity index (χ4v) is 2.76. The van der Waals surface area contributed by atoms with E-state index >= 15 is 0 Å². The Balaban J connectivity index is 2.39. The number of nitrogens with one attached hydrogen (secondary N) is 1. The van der Waals surface area contributed by atoms with Gasteiger partial charge in [-0.05, 0) is 63.2 Å². The third-order valence-electron chi connectivity index (χ3n) is 3.83. The zero-order valence-corrected chi connectivity index (χ0v) is 13.9. The van der Waals surface area contributed by atoms with Gasteiger partial charge in [-0.25, -0.2) is 0 Å². The Morgan fingerprint density at radius 1 is 1.19 bits per heavy atom. The highest BCUT2D eigenvalue weighted by atomic mass is 35.5. The van der Waals surface area contributed by atoms with Crippen molar-refractivity contribution >= 4 is 23.0 Å². The highest BCUT2D eigenvalue weighted by Gasteiger charge is 2.13. The van der Waals surface area contributed by atoms with E-state index in [4.69, 9.17) is 11.6 Å². The second-order valence-electron chi connectivity index (χ2n) is 5.30. The van der Waals surface area contributed by atoms with Crippen LogP contribution in [0.5, 0.6) is 0 Å². The van der Waals surface area contributed by atoms with Gasteiger partial charge in [0, 0.05) is 18.3 Å². The summed E-state index contributed by atoms with van der Waals surface area (Å²) in [5, 5.41) is 4.03. The van der Waals surface area contributed by atoms with Gasteiger partial charge < -0.3 is 10.2 Å². The summed E-state index contributed by atoms with van der Waals surface area (Å²) in [4.78, 5) is 2.24. The number of anilines is 2. The van der Waals surface area contributed by atoms with Crippen molar-refractivity contribution < 1.29 is 0 Å². The largest absolute Gasteiger partial charge is 0.341 e. The smallest absolute Gasteiger partial charge is 0.0646 e. The molecule has 21 heavy (non-hydrogen) atoms. The van der Waals surface area contributed by atoms with Crippen LogP contribution in [0.25, 0.3) is 0 Å². The molecule has 0 saturated carbocycles. The first-order valence-corrected chi connectivity index (χ1v) is 7.75. The second kappa shape index (κ2) is 6.97. The van der Waals surface area contributed by atoms with Gasteiger partial charge in [-0.2, -0.15) is 0 Å². The molecule has 1 atom stereocenters. The third-order valence-corrected chi connectivity index (χ3v) is 4.13. The van der Waals surface area contributed by atoms with Crippen molar-refractivity contribution in [2.75, 3.05) is 18.5 Å². The van der Waals surface area contributed by atoms with Gasteiger partial charge >= 0.3 is 0 Å². The van der Waals surface area contributed by atoms with Gasteiger partial charge in [0.25, 0.3) is 0 Å². The summed E-state index contributed by atoms with van der Waals surface area (Å²) in [5.74, 6) is 0. The van der Waals surface area contributed by atoms with Gasteiger partial charge in [-0.15, -0.1) is 0 Å².